The highest BCUT2D eigenvalue weighted by atomic mass is 16.6. The molecule has 0 aromatic carbocycles. The Balaban J connectivity index is 2.49. The number of hydrogen-bond donors (Lipinski definition) is 0. The van der Waals surface area contributed by atoms with Crippen LogP contribution in [0.25, 0.3) is 0 Å². The summed E-state index contributed by atoms with van der Waals surface area (Å²) in [4.78, 5) is 13.7. The van der Waals surface area contributed by atoms with Gasteiger partial charge in [0.05, 0.1) is 6.10 Å². The van der Waals surface area contributed by atoms with E-state index in [4.69, 9.17) is 14.2 Å². The van der Waals surface area contributed by atoms with E-state index in [1.807, 2.05) is 20.8 Å². The molecule has 0 spiro atoms. The van der Waals surface area contributed by atoms with Gasteiger partial charge in [-0.05, 0) is 39.5 Å². The van der Waals surface area contributed by atoms with E-state index in [2.05, 4.69) is 13.8 Å². The fraction of sp³-hybridized carbons (Fsp3) is 0.938. The van der Waals surface area contributed by atoms with E-state index in [0.717, 1.165) is 19.3 Å². The first-order valence-corrected chi connectivity index (χ1v) is 7.87. The normalized spacial score (nSPS) is 20.3. The van der Waals surface area contributed by atoms with Gasteiger partial charge in [-0.15, -0.1) is 0 Å². The summed E-state index contributed by atoms with van der Waals surface area (Å²) >= 11 is 0. The fourth-order valence-corrected chi connectivity index (χ4v) is 2.27. The first kappa shape index (κ1) is 18.2. The van der Waals surface area contributed by atoms with E-state index in [9.17, 15) is 4.79 Å². The fourth-order valence-electron chi connectivity index (χ4n) is 2.27. The summed E-state index contributed by atoms with van der Waals surface area (Å²) in [5.41, 5.74) is -0.468. The van der Waals surface area contributed by atoms with Gasteiger partial charge < -0.3 is 14.2 Å². The minimum absolute atomic E-state index is 0.125. The van der Waals surface area contributed by atoms with Gasteiger partial charge in [0.25, 0.3) is 0 Å². The summed E-state index contributed by atoms with van der Waals surface area (Å²) in [6.45, 7) is 11.4. The molecule has 0 aromatic rings. The van der Waals surface area contributed by atoms with Gasteiger partial charge in [-0.2, -0.15) is 0 Å². The van der Waals surface area contributed by atoms with Gasteiger partial charge in [0.2, 0.25) is 0 Å². The number of amides is 1. The zero-order chi connectivity index (χ0) is 16.0. The predicted molar refractivity (Wildman–Crippen MR) is 82.2 cm³/mol. The Hall–Kier alpha value is -0.810. The van der Waals surface area contributed by atoms with Crippen LogP contribution in [-0.4, -0.2) is 49.2 Å². The highest BCUT2D eigenvalue weighted by molar-refractivity contribution is 5.69. The van der Waals surface area contributed by atoms with E-state index in [1.165, 1.54) is 0 Å². The van der Waals surface area contributed by atoms with Gasteiger partial charge in [-0.1, -0.05) is 13.8 Å². The van der Waals surface area contributed by atoms with Crippen molar-refractivity contribution in [2.24, 2.45) is 5.92 Å². The topological polar surface area (TPSA) is 48.0 Å². The molecule has 2 atom stereocenters. The third-order valence-corrected chi connectivity index (χ3v) is 3.32. The lowest BCUT2D eigenvalue weighted by Gasteiger charge is -2.42. The van der Waals surface area contributed by atoms with Gasteiger partial charge in [-0.3, -0.25) is 4.90 Å². The molecule has 1 heterocycles. The monoisotopic (exact) mass is 301 g/mol. The molecule has 1 aliphatic rings. The van der Waals surface area contributed by atoms with Crippen LogP contribution < -0.4 is 0 Å². The average Bonchev–Trinajstić information content (AvgIpc) is 2.27. The molecule has 1 amide bonds. The van der Waals surface area contributed by atoms with Crippen molar-refractivity contribution in [1.82, 2.24) is 4.90 Å². The third kappa shape index (κ3) is 6.66. The molecule has 0 radical (unpaired) electrons. The number of ether oxygens (including phenoxy) is 3. The number of rotatable bonds is 7. The van der Waals surface area contributed by atoms with Crippen LogP contribution in [0.2, 0.25) is 0 Å². The number of hydrogen-bond acceptors (Lipinski definition) is 4. The molecule has 124 valence electrons. The van der Waals surface area contributed by atoms with Crippen molar-refractivity contribution in [1.29, 1.82) is 0 Å². The van der Waals surface area contributed by atoms with Crippen molar-refractivity contribution in [3.05, 3.63) is 0 Å². The third-order valence-electron chi connectivity index (χ3n) is 3.32. The number of nitrogens with zero attached hydrogens (tertiary/aromatic N) is 1. The van der Waals surface area contributed by atoms with Gasteiger partial charge in [0.15, 0.2) is 0 Å². The molecule has 0 aliphatic carbocycles. The molecule has 0 aromatic heterocycles. The molecule has 1 aliphatic heterocycles. The molecule has 5 heteroatoms. The average molecular weight is 301 g/mol. The Bertz CT molecular complexity index is 325. The van der Waals surface area contributed by atoms with Crippen LogP contribution in [-0.2, 0) is 14.2 Å². The molecule has 5 nitrogen and oxygen atoms in total. The van der Waals surface area contributed by atoms with Crippen molar-refractivity contribution in [2.45, 2.75) is 71.8 Å². The van der Waals surface area contributed by atoms with E-state index < -0.39 is 5.60 Å². The van der Waals surface area contributed by atoms with Crippen LogP contribution in [0, 0.1) is 5.92 Å². The smallest absolute Gasteiger partial charge is 0.412 e. The standard InChI is InChI=1S/C16H31NO4/c1-12(2)11-13(8-10-19-6)20-14-7-9-17(14)15(18)21-16(3,4)5/h12-14H,7-11H2,1-6H3/t13?,14-/m0/s1. The summed E-state index contributed by atoms with van der Waals surface area (Å²) in [6, 6.07) is 0. The van der Waals surface area contributed by atoms with Crippen LogP contribution in [0.5, 0.6) is 0 Å². The Labute approximate surface area is 128 Å². The summed E-state index contributed by atoms with van der Waals surface area (Å²) in [7, 11) is 1.70. The number of methoxy groups -OCH3 is 1. The minimum atomic E-state index is -0.468. The van der Waals surface area contributed by atoms with Gasteiger partial charge in [-0.25, -0.2) is 4.79 Å². The molecule has 1 rings (SSSR count). The van der Waals surface area contributed by atoms with Crippen molar-refractivity contribution < 1.29 is 19.0 Å². The van der Waals surface area contributed by atoms with E-state index >= 15 is 0 Å². The summed E-state index contributed by atoms with van der Waals surface area (Å²) < 4.78 is 16.6. The maximum atomic E-state index is 12.1. The highest BCUT2D eigenvalue weighted by Gasteiger charge is 2.37. The first-order valence-electron chi connectivity index (χ1n) is 7.87. The largest absolute Gasteiger partial charge is 0.444 e. The van der Waals surface area contributed by atoms with Gasteiger partial charge in [0, 0.05) is 26.7 Å². The molecule has 0 saturated carbocycles. The summed E-state index contributed by atoms with van der Waals surface area (Å²) in [5, 5.41) is 0. The second kappa shape index (κ2) is 7.99. The van der Waals surface area contributed by atoms with Crippen LogP contribution in [0.1, 0.15) is 53.9 Å². The van der Waals surface area contributed by atoms with Crippen molar-refractivity contribution in [2.75, 3.05) is 20.3 Å². The SMILES string of the molecule is COCCC(CC(C)C)O[C@H]1CCN1C(=O)OC(C)(C)C. The van der Waals surface area contributed by atoms with E-state index in [1.54, 1.807) is 12.0 Å². The van der Waals surface area contributed by atoms with Crippen LogP contribution in [0.15, 0.2) is 0 Å². The quantitative estimate of drug-likeness (QED) is 0.723. The Kier molecular flexibility index (Phi) is 6.94. The van der Waals surface area contributed by atoms with Crippen LogP contribution >= 0.6 is 0 Å². The predicted octanol–water partition coefficient (Wildman–Crippen LogP) is 3.42. The Morgan fingerprint density at radius 2 is 2.00 bits per heavy atom. The second-order valence-corrected chi connectivity index (χ2v) is 7.09. The highest BCUT2D eigenvalue weighted by Crippen LogP contribution is 2.25. The zero-order valence-electron chi connectivity index (χ0n) is 14.3. The Morgan fingerprint density at radius 1 is 1.33 bits per heavy atom. The molecule has 21 heavy (non-hydrogen) atoms. The van der Waals surface area contributed by atoms with E-state index in [0.29, 0.717) is 19.1 Å². The van der Waals surface area contributed by atoms with E-state index in [-0.39, 0.29) is 18.4 Å². The summed E-state index contributed by atoms with van der Waals surface area (Å²) in [5.74, 6) is 0.557. The molecule has 1 saturated heterocycles. The van der Waals surface area contributed by atoms with Crippen molar-refractivity contribution in [3.8, 4) is 0 Å². The van der Waals surface area contributed by atoms with Gasteiger partial charge >= 0.3 is 6.09 Å². The summed E-state index contributed by atoms with van der Waals surface area (Å²) in [6.07, 6.45) is 2.39. The molecule has 0 N–H and O–H groups in total. The van der Waals surface area contributed by atoms with Crippen LogP contribution in [0.3, 0.4) is 0 Å². The molecular formula is C16H31NO4. The molecule has 1 fully saturated rings. The Morgan fingerprint density at radius 3 is 2.43 bits per heavy atom. The molecule has 1 unspecified atom stereocenters. The lowest BCUT2D eigenvalue weighted by molar-refractivity contribution is -0.153. The van der Waals surface area contributed by atoms with Crippen LogP contribution in [0.4, 0.5) is 4.79 Å². The maximum Gasteiger partial charge on any atom is 0.412 e. The number of carbonyl (C=O) groups is 1. The molecule has 0 bridgehead atoms. The number of carbonyl (C=O) groups excluding carboxylic acids is 1. The minimum Gasteiger partial charge on any atom is -0.444 e. The maximum absolute atomic E-state index is 12.1. The number of likely N-dealkylation sites (tertiary alicyclic amines) is 1. The second-order valence-electron chi connectivity index (χ2n) is 7.09. The van der Waals surface area contributed by atoms with Crippen molar-refractivity contribution >= 4 is 6.09 Å². The van der Waals surface area contributed by atoms with Gasteiger partial charge in [0.1, 0.15) is 11.8 Å². The first-order chi connectivity index (χ1) is 9.73. The lowest BCUT2D eigenvalue weighted by Crippen LogP contribution is -2.55. The molecular weight excluding hydrogens is 270 g/mol. The lowest BCUT2D eigenvalue weighted by atomic mass is 10.0. The zero-order valence-corrected chi connectivity index (χ0v) is 14.3. The van der Waals surface area contributed by atoms with Crippen molar-refractivity contribution in [3.63, 3.8) is 0 Å².